The van der Waals surface area contributed by atoms with Crippen LogP contribution in [0.2, 0.25) is 0 Å². The van der Waals surface area contributed by atoms with Gasteiger partial charge in [0, 0.05) is 23.4 Å². The fourth-order valence-corrected chi connectivity index (χ4v) is 4.08. The lowest BCUT2D eigenvalue weighted by Crippen LogP contribution is -2.50. The zero-order chi connectivity index (χ0) is 29.7. The summed E-state index contributed by atoms with van der Waals surface area (Å²) >= 11 is 0. The van der Waals surface area contributed by atoms with Gasteiger partial charge >= 0.3 is 12.1 Å². The van der Waals surface area contributed by atoms with E-state index < -0.39 is 60.3 Å². The van der Waals surface area contributed by atoms with Gasteiger partial charge in [-0.05, 0) is 51.3 Å². The van der Waals surface area contributed by atoms with Gasteiger partial charge in [0.1, 0.15) is 11.4 Å². The molecule has 0 radical (unpaired) electrons. The third-order valence-electron chi connectivity index (χ3n) is 6.71. The van der Waals surface area contributed by atoms with Crippen molar-refractivity contribution in [3.05, 3.63) is 30.0 Å². The van der Waals surface area contributed by atoms with Gasteiger partial charge in [0.25, 0.3) is 5.91 Å². The molecule has 0 aliphatic carbocycles. The lowest BCUT2D eigenvalue weighted by Gasteiger charge is -2.27. The Balaban J connectivity index is 1.65. The first kappa shape index (κ1) is 30.4. The quantitative estimate of drug-likeness (QED) is 0.302. The Kier molecular flexibility index (Phi) is 9.43. The van der Waals surface area contributed by atoms with E-state index in [1.165, 1.54) is 7.11 Å². The SMILES string of the molecule is COc1cccc2[nH]c(C(=O)NCC(=O)NC(C[C@@H]3CCCNC3=O)C(=O)COC(=O)C(C)(C)C(F)(F)F)cc12. The number of nitrogens with one attached hydrogen (secondary N) is 4. The molecule has 2 aromatic rings. The molecule has 3 rings (SSSR count). The van der Waals surface area contributed by atoms with Crippen LogP contribution in [-0.2, 0) is 23.9 Å². The highest BCUT2D eigenvalue weighted by molar-refractivity contribution is 6.01. The predicted molar refractivity (Wildman–Crippen MR) is 135 cm³/mol. The van der Waals surface area contributed by atoms with E-state index in [2.05, 4.69) is 25.7 Å². The zero-order valence-electron chi connectivity index (χ0n) is 22.2. The van der Waals surface area contributed by atoms with E-state index in [0.29, 0.717) is 49.9 Å². The molecular weight excluding hydrogens is 537 g/mol. The number of hydrogen-bond donors (Lipinski definition) is 4. The number of ether oxygens (including phenoxy) is 2. The summed E-state index contributed by atoms with van der Waals surface area (Å²) in [6, 6.07) is 5.39. The average Bonchev–Trinajstić information content (AvgIpc) is 3.35. The maximum absolute atomic E-state index is 13.1. The first-order valence-electron chi connectivity index (χ1n) is 12.5. The summed E-state index contributed by atoms with van der Waals surface area (Å²) in [4.78, 5) is 65.3. The summed E-state index contributed by atoms with van der Waals surface area (Å²) in [5, 5.41) is 8.12. The van der Waals surface area contributed by atoms with Crippen LogP contribution in [0, 0.1) is 11.3 Å². The van der Waals surface area contributed by atoms with Gasteiger partial charge in [-0.3, -0.25) is 24.0 Å². The molecule has 0 spiro atoms. The number of rotatable bonds is 11. The number of piperidine rings is 1. The summed E-state index contributed by atoms with van der Waals surface area (Å²) < 4.78 is 49.3. The van der Waals surface area contributed by atoms with Gasteiger partial charge < -0.3 is 30.4 Å². The molecule has 0 saturated carbocycles. The Hall–Kier alpha value is -4.10. The number of ketones is 1. The number of carbonyl (C=O) groups excluding carboxylic acids is 5. The number of Topliss-reactive ketones (excluding diaryl/α,β-unsaturated/α-hetero) is 1. The normalized spacial score (nSPS) is 16.6. The van der Waals surface area contributed by atoms with Crippen molar-refractivity contribution in [1.29, 1.82) is 0 Å². The number of aromatic nitrogens is 1. The molecule has 40 heavy (non-hydrogen) atoms. The summed E-state index contributed by atoms with van der Waals surface area (Å²) in [6.45, 7) is 0.110. The summed E-state index contributed by atoms with van der Waals surface area (Å²) in [5.74, 6) is -4.41. The van der Waals surface area contributed by atoms with Crippen LogP contribution in [0.25, 0.3) is 10.9 Å². The smallest absolute Gasteiger partial charge is 0.404 e. The molecular formula is C26H31F3N4O7. The van der Waals surface area contributed by atoms with E-state index in [1.807, 2.05) is 0 Å². The molecule has 1 unspecified atom stereocenters. The number of H-pyrrole nitrogens is 1. The van der Waals surface area contributed by atoms with Gasteiger partial charge in [-0.1, -0.05) is 6.07 Å². The number of fused-ring (bicyclic) bond motifs is 1. The molecule has 1 fully saturated rings. The van der Waals surface area contributed by atoms with Crippen LogP contribution in [0.4, 0.5) is 13.2 Å². The second-order valence-corrected chi connectivity index (χ2v) is 9.94. The third-order valence-corrected chi connectivity index (χ3v) is 6.71. The number of esters is 1. The summed E-state index contributed by atoms with van der Waals surface area (Å²) in [6.07, 6.45) is -4.01. The molecule has 2 heterocycles. The van der Waals surface area contributed by atoms with E-state index in [1.54, 1.807) is 24.3 Å². The molecule has 11 nitrogen and oxygen atoms in total. The van der Waals surface area contributed by atoms with Gasteiger partial charge in [0.2, 0.25) is 11.8 Å². The fourth-order valence-electron chi connectivity index (χ4n) is 4.08. The zero-order valence-corrected chi connectivity index (χ0v) is 22.2. The molecule has 1 aromatic heterocycles. The first-order chi connectivity index (χ1) is 18.7. The van der Waals surface area contributed by atoms with Crippen LogP contribution in [0.5, 0.6) is 5.75 Å². The second kappa shape index (κ2) is 12.4. The van der Waals surface area contributed by atoms with Crippen LogP contribution < -0.4 is 20.7 Å². The number of halogens is 3. The standard InChI is InChI=1S/C26H31F3N4O7/c1-25(2,26(27,28)29)24(38)40-13-19(34)17(10-14-6-5-9-30-22(14)36)33-21(35)12-31-23(37)18-11-15-16(32-18)7-4-8-20(15)39-3/h4,7-8,11,14,17,32H,5-6,9-10,12-13H2,1-3H3,(H,30,36)(H,31,37)(H,33,35)/t14-,17?/m0/s1. The van der Waals surface area contributed by atoms with E-state index in [9.17, 15) is 37.1 Å². The predicted octanol–water partition coefficient (Wildman–Crippen LogP) is 2.01. The lowest BCUT2D eigenvalue weighted by molar-refractivity contribution is -0.224. The van der Waals surface area contributed by atoms with E-state index >= 15 is 0 Å². The molecule has 1 saturated heterocycles. The second-order valence-electron chi connectivity index (χ2n) is 9.94. The van der Waals surface area contributed by atoms with Gasteiger partial charge in [-0.15, -0.1) is 0 Å². The van der Waals surface area contributed by atoms with Crippen molar-refractivity contribution in [3.63, 3.8) is 0 Å². The van der Waals surface area contributed by atoms with Crippen molar-refractivity contribution in [2.75, 3.05) is 26.8 Å². The molecule has 3 amide bonds. The van der Waals surface area contributed by atoms with Crippen LogP contribution in [0.15, 0.2) is 24.3 Å². The van der Waals surface area contributed by atoms with E-state index in [0.717, 1.165) is 0 Å². The highest BCUT2D eigenvalue weighted by Crippen LogP contribution is 2.38. The monoisotopic (exact) mass is 568 g/mol. The van der Waals surface area contributed by atoms with Crippen molar-refractivity contribution in [1.82, 2.24) is 20.9 Å². The Morgan fingerprint density at radius 2 is 1.90 bits per heavy atom. The summed E-state index contributed by atoms with van der Waals surface area (Å²) in [7, 11) is 1.48. The van der Waals surface area contributed by atoms with Gasteiger partial charge in [-0.25, -0.2) is 0 Å². The third kappa shape index (κ3) is 7.10. The number of amides is 3. The molecule has 14 heteroatoms. The van der Waals surface area contributed by atoms with Gasteiger partial charge in [0.15, 0.2) is 17.8 Å². The number of methoxy groups -OCH3 is 1. The van der Waals surface area contributed by atoms with Crippen molar-refractivity contribution in [2.24, 2.45) is 11.3 Å². The van der Waals surface area contributed by atoms with Crippen molar-refractivity contribution in [3.8, 4) is 5.75 Å². The van der Waals surface area contributed by atoms with Crippen molar-refractivity contribution in [2.45, 2.75) is 45.3 Å². The number of alkyl halides is 3. The Labute approximate surface area is 227 Å². The fraction of sp³-hybridized carbons (Fsp3) is 0.500. The Morgan fingerprint density at radius 3 is 2.55 bits per heavy atom. The van der Waals surface area contributed by atoms with Crippen LogP contribution in [0.3, 0.4) is 0 Å². The topological polar surface area (TPSA) is 156 Å². The number of hydrogen-bond acceptors (Lipinski definition) is 7. The van der Waals surface area contributed by atoms with Gasteiger partial charge in [-0.2, -0.15) is 13.2 Å². The Morgan fingerprint density at radius 1 is 1.18 bits per heavy atom. The van der Waals surface area contributed by atoms with Gasteiger partial charge in [0.05, 0.1) is 19.7 Å². The first-order valence-corrected chi connectivity index (χ1v) is 12.5. The van der Waals surface area contributed by atoms with E-state index in [-0.39, 0.29) is 18.0 Å². The molecule has 2 atom stereocenters. The summed E-state index contributed by atoms with van der Waals surface area (Å²) in [5.41, 5.74) is -2.07. The maximum Gasteiger partial charge on any atom is 0.404 e. The Bertz CT molecular complexity index is 1290. The highest BCUT2D eigenvalue weighted by atomic mass is 19.4. The van der Waals surface area contributed by atoms with E-state index in [4.69, 9.17) is 4.74 Å². The lowest BCUT2D eigenvalue weighted by atomic mass is 9.90. The minimum Gasteiger partial charge on any atom is -0.496 e. The maximum atomic E-state index is 13.1. The van der Waals surface area contributed by atoms with Crippen LogP contribution >= 0.6 is 0 Å². The number of benzene rings is 1. The number of carbonyl (C=O) groups is 5. The van der Waals surface area contributed by atoms with Crippen molar-refractivity contribution >= 4 is 40.4 Å². The largest absolute Gasteiger partial charge is 0.496 e. The van der Waals surface area contributed by atoms with Crippen LogP contribution in [-0.4, -0.2) is 73.5 Å². The highest BCUT2D eigenvalue weighted by Gasteiger charge is 2.54. The molecule has 1 aliphatic heterocycles. The minimum absolute atomic E-state index is 0.151. The molecule has 1 aliphatic rings. The number of aromatic amines is 1. The molecule has 218 valence electrons. The molecule has 4 N–H and O–H groups in total. The minimum atomic E-state index is -4.91. The molecule has 0 bridgehead atoms. The van der Waals surface area contributed by atoms with Crippen molar-refractivity contribution < 1.29 is 46.6 Å². The van der Waals surface area contributed by atoms with Crippen LogP contribution in [0.1, 0.15) is 43.6 Å². The average molecular weight is 569 g/mol. The molecule has 1 aromatic carbocycles.